The fourth-order valence-corrected chi connectivity index (χ4v) is 2.89. The Labute approximate surface area is 140 Å². The molecule has 0 aliphatic heterocycles. The molecule has 3 heterocycles. The number of nitrogens with one attached hydrogen (secondary N) is 1. The number of halogens is 1. The van der Waals surface area contributed by atoms with Gasteiger partial charge in [0.15, 0.2) is 0 Å². The summed E-state index contributed by atoms with van der Waals surface area (Å²) < 4.78 is 19.9. The van der Waals surface area contributed by atoms with E-state index in [0.717, 1.165) is 0 Å². The van der Waals surface area contributed by atoms with Gasteiger partial charge in [-0.2, -0.15) is 5.26 Å². The lowest BCUT2D eigenvalue weighted by atomic mass is 10.0. The van der Waals surface area contributed by atoms with Crippen molar-refractivity contribution in [3.05, 3.63) is 82.0 Å². The minimum Gasteiger partial charge on any atom is -0.422 e. The standard InChI is InChI=1S/C19H10FN3O2/c20-12-6-4-11(5-7-12)16-9-13-14(10-21)15-3-1-2-8-23(15)18(22)17(13)19(24)25-16/h1-9,22H. The van der Waals surface area contributed by atoms with Crippen molar-refractivity contribution in [2.75, 3.05) is 0 Å². The molecule has 1 aromatic carbocycles. The Hall–Kier alpha value is -3.72. The molecular formula is C19H10FN3O2. The van der Waals surface area contributed by atoms with Gasteiger partial charge in [0.25, 0.3) is 0 Å². The largest absolute Gasteiger partial charge is 0.422 e. The van der Waals surface area contributed by atoms with Crippen LogP contribution in [-0.4, -0.2) is 4.40 Å². The molecule has 6 heteroatoms. The van der Waals surface area contributed by atoms with E-state index in [1.165, 1.54) is 28.7 Å². The molecule has 4 rings (SSSR count). The minimum atomic E-state index is -0.712. The number of hydrogen-bond donors (Lipinski definition) is 1. The summed E-state index contributed by atoms with van der Waals surface area (Å²) in [7, 11) is 0. The van der Waals surface area contributed by atoms with Gasteiger partial charge in [-0.25, -0.2) is 9.18 Å². The number of pyridine rings is 2. The second-order valence-electron chi connectivity index (χ2n) is 5.48. The summed E-state index contributed by atoms with van der Waals surface area (Å²) in [5.41, 5.74) is 0.554. The van der Waals surface area contributed by atoms with Gasteiger partial charge in [0.1, 0.15) is 28.5 Å². The first kappa shape index (κ1) is 14.8. The van der Waals surface area contributed by atoms with Gasteiger partial charge in [0.2, 0.25) is 0 Å². The van der Waals surface area contributed by atoms with Crippen molar-refractivity contribution in [2.24, 2.45) is 0 Å². The van der Waals surface area contributed by atoms with Crippen LogP contribution in [0.1, 0.15) is 5.56 Å². The van der Waals surface area contributed by atoms with Crippen LogP contribution >= 0.6 is 0 Å². The number of nitrogens with zero attached hydrogens (tertiary/aromatic N) is 2. The maximum atomic E-state index is 13.1. The number of benzene rings is 1. The van der Waals surface area contributed by atoms with Crippen LogP contribution < -0.4 is 11.1 Å². The fourth-order valence-electron chi connectivity index (χ4n) is 2.89. The van der Waals surface area contributed by atoms with Crippen molar-refractivity contribution < 1.29 is 8.81 Å². The first-order chi connectivity index (χ1) is 12.1. The Morgan fingerprint density at radius 3 is 2.64 bits per heavy atom. The smallest absolute Gasteiger partial charge is 0.348 e. The second-order valence-corrected chi connectivity index (χ2v) is 5.48. The molecule has 120 valence electrons. The lowest BCUT2D eigenvalue weighted by molar-refractivity contribution is 0.533. The quantitative estimate of drug-likeness (QED) is 0.544. The molecule has 0 bridgehead atoms. The molecule has 3 aromatic heterocycles. The van der Waals surface area contributed by atoms with E-state index in [4.69, 9.17) is 9.83 Å². The van der Waals surface area contributed by atoms with Gasteiger partial charge in [-0.15, -0.1) is 0 Å². The van der Waals surface area contributed by atoms with Crippen LogP contribution in [0, 0.1) is 22.6 Å². The van der Waals surface area contributed by atoms with Gasteiger partial charge in [-0.3, -0.25) is 5.41 Å². The van der Waals surface area contributed by atoms with E-state index in [1.807, 2.05) is 0 Å². The van der Waals surface area contributed by atoms with Gasteiger partial charge in [0, 0.05) is 17.1 Å². The Morgan fingerprint density at radius 2 is 1.92 bits per heavy atom. The van der Waals surface area contributed by atoms with Crippen LogP contribution in [-0.2, 0) is 0 Å². The summed E-state index contributed by atoms with van der Waals surface area (Å²) in [4.78, 5) is 12.5. The van der Waals surface area contributed by atoms with Crippen molar-refractivity contribution in [1.29, 1.82) is 10.7 Å². The molecule has 0 spiro atoms. The fraction of sp³-hybridized carbons (Fsp3) is 0. The molecular weight excluding hydrogens is 321 g/mol. The molecule has 0 atom stereocenters. The third kappa shape index (κ3) is 2.22. The minimum absolute atomic E-state index is 0.0334. The molecule has 0 saturated carbocycles. The third-order valence-electron chi connectivity index (χ3n) is 4.06. The summed E-state index contributed by atoms with van der Waals surface area (Å²) in [5.74, 6) is -0.186. The van der Waals surface area contributed by atoms with E-state index in [1.54, 1.807) is 30.5 Å². The molecule has 0 radical (unpaired) electrons. The van der Waals surface area contributed by atoms with Gasteiger partial charge >= 0.3 is 5.63 Å². The molecule has 25 heavy (non-hydrogen) atoms. The van der Waals surface area contributed by atoms with Gasteiger partial charge in [0.05, 0.1) is 11.1 Å². The molecule has 1 N–H and O–H groups in total. The first-order valence-corrected chi connectivity index (χ1v) is 7.42. The highest BCUT2D eigenvalue weighted by atomic mass is 19.1. The van der Waals surface area contributed by atoms with E-state index >= 15 is 0 Å². The number of nitriles is 1. The van der Waals surface area contributed by atoms with E-state index in [2.05, 4.69) is 6.07 Å². The maximum Gasteiger partial charge on any atom is 0.348 e. The van der Waals surface area contributed by atoms with Gasteiger partial charge in [-0.05, 0) is 42.5 Å². The molecule has 0 unspecified atom stereocenters. The summed E-state index contributed by atoms with van der Waals surface area (Å²) in [6.07, 6.45) is 1.62. The molecule has 0 saturated heterocycles. The Morgan fingerprint density at radius 1 is 1.16 bits per heavy atom. The summed E-state index contributed by atoms with van der Waals surface area (Å²) in [6.45, 7) is 0. The normalized spacial score (nSPS) is 10.9. The van der Waals surface area contributed by atoms with Gasteiger partial charge in [-0.1, -0.05) is 6.07 Å². The monoisotopic (exact) mass is 331 g/mol. The topological polar surface area (TPSA) is 82.3 Å². The van der Waals surface area contributed by atoms with Crippen molar-refractivity contribution in [3.8, 4) is 17.4 Å². The average molecular weight is 331 g/mol. The number of fused-ring (bicyclic) bond motifs is 2. The van der Waals surface area contributed by atoms with Crippen LogP contribution in [0.2, 0.25) is 0 Å². The van der Waals surface area contributed by atoms with Crippen LogP contribution in [0.5, 0.6) is 0 Å². The van der Waals surface area contributed by atoms with Gasteiger partial charge < -0.3 is 8.82 Å². The number of hydrogen-bond acceptors (Lipinski definition) is 4. The lowest BCUT2D eigenvalue weighted by Crippen LogP contribution is -2.21. The zero-order valence-corrected chi connectivity index (χ0v) is 12.8. The van der Waals surface area contributed by atoms with Crippen molar-refractivity contribution in [3.63, 3.8) is 0 Å². The molecule has 0 aliphatic rings. The van der Waals surface area contributed by atoms with Crippen LogP contribution in [0.25, 0.3) is 27.6 Å². The zero-order chi connectivity index (χ0) is 17.6. The van der Waals surface area contributed by atoms with E-state index in [-0.39, 0.29) is 22.2 Å². The van der Waals surface area contributed by atoms with Crippen LogP contribution in [0.4, 0.5) is 4.39 Å². The zero-order valence-electron chi connectivity index (χ0n) is 12.8. The Kier molecular flexibility index (Phi) is 3.22. The highest BCUT2D eigenvalue weighted by Crippen LogP contribution is 2.25. The average Bonchev–Trinajstić information content (AvgIpc) is 2.62. The third-order valence-corrected chi connectivity index (χ3v) is 4.06. The molecule has 5 nitrogen and oxygen atoms in total. The number of rotatable bonds is 1. The van der Waals surface area contributed by atoms with Crippen molar-refractivity contribution in [2.45, 2.75) is 0 Å². The molecule has 0 fully saturated rings. The summed E-state index contributed by atoms with van der Waals surface area (Å²) in [5, 5.41) is 18.3. The van der Waals surface area contributed by atoms with Crippen LogP contribution in [0.15, 0.2) is 63.9 Å². The molecule has 0 amide bonds. The molecule has 0 aliphatic carbocycles. The molecule has 4 aromatic rings. The summed E-state index contributed by atoms with van der Waals surface area (Å²) >= 11 is 0. The first-order valence-electron chi connectivity index (χ1n) is 7.42. The highest BCUT2D eigenvalue weighted by Gasteiger charge is 2.15. The van der Waals surface area contributed by atoms with E-state index < -0.39 is 11.4 Å². The van der Waals surface area contributed by atoms with Crippen molar-refractivity contribution in [1.82, 2.24) is 4.40 Å². The Bertz CT molecular complexity index is 1300. The Balaban J connectivity index is 2.18. The predicted molar refractivity (Wildman–Crippen MR) is 89.4 cm³/mol. The highest BCUT2D eigenvalue weighted by molar-refractivity contribution is 5.93. The summed E-state index contributed by atoms with van der Waals surface area (Å²) in [6, 6.07) is 14.3. The van der Waals surface area contributed by atoms with E-state index in [9.17, 15) is 14.4 Å². The van der Waals surface area contributed by atoms with Crippen molar-refractivity contribution >= 4 is 16.3 Å². The SMILES string of the molecule is N#Cc1c2cc(-c3ccc(F)cc3)oc(=O)c2c(=N)n2ccccc12. The van der Waals surface area contributed by atoms with E-state index in [0.29, 0.717) is 16.5 Å². The van der Waals surface area contributed by atoms with Crippen LogP contribution in [0.3, 0.4) is 0 Å². The lowest BCUT2D eigenvalue weighted by Gasteiger charge is -2.09. The second kappa shape index (κ2) is 5.42. The predicted octanol–water partition coefficient (Wildman–Crippen LogP) is 3.20. The maximum absolute atomic E-state index is 13.1. The number of aromatic nitrogens is 1.